The van der Waals surface area contributed by atoms with Crippen molar-refractivity contribution in [3.8, 4) is 5.75 Å². The maximum absolute atomic E-state index is 12.2. The molecule has 116 valence electrons. The third-order valence-electron chi connectivity index (χ3n) is 3.48. The summed E-state index contributed by atoms with van der Waals surface area (Å²) in [6.07, 6.45) is 4.52. The van der Waals surface area contributed by atoms with E-state index < -0.39 is 5.97 Å². The lowest BCUT2D eigenvalue weighted by molar-refractivity contribution is -0.131. The lowest BCUT2D eigenvalue weighted by Gasteiger charge is -2.16. The quantitative estimate of drug-likeness (QED) is 0.588. The highest BCUT2D eigenvalue weighted by atomic mass is 16.5. The third kappa shape index (κ3) is 5.98. The monoisotopic (exact) mass is 291 g/mol. The number of esters is 1. The van der Waals surface area contributed by atoms with Gasteiger partial charge in [0.05, 0.1) is 5.56 Å². The smallest absolute Gasteiger partial charge is 0.308 e. The predicted octanol–water partition coefficient (Wildman–Crippen LogP) is 3.56. The summed E-state index contributed by atoms with van der Waals surface area (Å²) >= 11 is 0. The van der Waals surface area contributed by atoms with Gasteiger partial charge in [-0.05, 0) is 24.5 Å². The first kappa shape index (κ1) is 17.2. The van der Waals surface area contributed by atoms with Gasteiger partial charge in [-0.15, -0.1) is 0 Å². The summed E-state index contributed by atoms with van der Waals surface area (Å²) < 4.78 is 5.06. The Morgan fingerprint density at radius 2 is 1.95 bits per heavy atom. The van der Waals surface area contributed by atoms with E-state index in [9.17, 15) is 9.59 Å². The van der Waals surface area contributed by atoms with Crippen molar-refractivity contribution in [2.75, 3.05) is 6.54 Å². The molecule has 1 atom stereocenters. The normalized spacial score (nSPS) is 11.8. The highest BCUT2D eigenvalue weighted by Gasteiger charge is 2.14. The molecule has 1 amide bonds. The van der Waals surface area contributed by atoms with E-state index in [0.29, 0.717) is 23.8 Å². The van der Waals surface area contributed by atoms with Gasteiger partial charge in [-0.3, -0.25) is 9.59 Å². The van der Waals surface area contributed by atoms with Crippen LogP contribution in [0.25, 0.3) is 0 Å². The molecule has 4 nitrogen and oxygen atoms in total. The van der Waals surface area contributed by atoms with Gasteiger partial charge in [0.1, 0.15) is 5.75 Å². The highest BCUT2D eigenvalue weighted by molar-refractivity contribution is 5.97. The molecule has 0 radical (unpaired) electrons. The summed E-state index contributed by atoms with van der Waals surface area (Å²) in [6, 6.07) is 6.80. The van der Waals surface area contributed by atoms with Gasteiger partial charge in [0, 0.05) is 13.5 Å². The molecule has 1 aromatic rings. The molecule has 4 heteroatoms. The fourth-order valence-corrected chi connectivity index (χ4v) is 2.17. The van der Waals surface area contributed by atoms with Crippen molar-refractivity contribution >= 4 is 11.9 Å². The Labute approximate surface area is 126 Å². The maximum Gasteiger partial charge on any atom is 0.308 e. The molecule has 0 aromatic heterocycles. The number of carbonyl (C=O) groups excluding carboxylic acids is 2. The molecule has 1 rings (SSSR count). The highest BCUT2D eigenvalue weighted by Crippen LogP contribution is 2.18. The number of carbonyl (C=O) groups is 2. The first-order valence-electron chi connectivity index (χ1n) is 7.64. The second-order valence-electron chi connectivity index (χ2n) is 5.22. The van der Waals surface area contributed by atoms with E-state index in [1.54, 1.807) is 24.3 Å². The minimum Gasteiger partial charge on any atom is -0.426 e. The van der Waals surface area contributed by atoms with Crippen LogP contribution in [0.3, 0.4) is 0 Å². The van der Waals surface area contributed by atoms with E-state index in [1.807, 2.05) is 0 Å². The number of hydrogen-bond donors (Lipinski definition) is 1. The number of amides is 1. The second-order valence-corrected chi connectivity index (χ2v) is 5.22. The second kappa shape index (κ2) is 9.16. The molecule has 0 aliphatic heterocycles. The fourth-order valence-electron chi connectivity index (χ4n) is 2.17. The zero-order valence-corrected chi connectivity index (χ0v) is 13.1. The fraction of sp³-hybridized carbons (Fsp3) is 0.529. The Morgan fingerprint density at radius 3 is 2.57 bits per heavy atom. The first-order chi connectivity index (χ1) is 10.1. The Bertz CT molecular complexity index is 471. The third-order valence-corrected chi connectivity index (χ3v) is 3.48. The maximum atomic E-state index is 12.2. The van der Waals surface area contributed by atoms with Gasteiger partial charge in [0.15, 0.2) is 0 Å². The van der Waals surface area contributed by atoms with Crippen LogP contribution in [0, 0.1) is 5.92 Å². The summed E-state index contributed by atoms with van der Waals surface area (Å²) in [6.45, 7) is 6.29. The summed E-state index contributed by atoms with van der Waals surface area (Å²) in [4.78, 5) is 23.3. The van der Waals surface area contributed by atoms with Crippen LogP contribution >= 0.6 is 0 Å². The number of benzene rings is 1. The van der Waals surface area contributed by atoms with Crippen LogP contribution < -0.4 is 10.1 Å². The Kier molecular flexibility index (Phi) is 7.51. The molecule has 1 N–H and O–H groups in total. The van der Waals surface area contributed by atoms with Crippen LogP contribution in [0.2, 0.25) is 0 Å². The van der Waals surface area contributed by atoms with Crippen molar-refractivity contribution in [2.45, 2.75) is 46.5 Å². The molecule has 0 aliphatic rings. The molecule has 1 unspecified atom stereocenters. The number of hydrogen-bond acceptors (Lipinski definition) is 3. The Hall–Kier alpha value is -1.84. The summed E-state index contributed by atoms with van der Waals surface area (Å²) in [5.74, 6) is 0.185. The van der Waals surface area contributed by atoms with Gasteiger partial charge in [-0.1, -0.05) is 45.2 Å². The van der Waals surface area contributed by atoms with E-state index in [0.717, 1.165) is 12.8 Å². The number of rotatable bonds is 8. The van der Waals surface area contributed by atoms with Crippen LogP contribution in [-0.2, 0) is 4.79 Å². The number of ether oxygens (including phenoxy) is 1. The van der Waals surface area contributed by atoms with Gasteiger partial charge in [-0.2, -0.15) is 0 Å². The van der Waals surface area contributed by atoms with Crippen LogP contribution in [-0.4, -0.2) is 18.4 Å². The summed E-state index contributed by atoms with van der Waals surface area (Å²) in [5, 5.41) is 2.94. The standard InChI is InChI=1S/C17H25NO3/c1-4-6-9-14(5-2)12-18-17(20)15-10-7-8-11-16(15)21-13(3)19/h7-8,10-11,14H,4-6,9,12H2,1-3H3,(H,18,20). The molecule has 0 saturated heterocycles. The van der Waals surface area contributed by atoms with Crippen molar-refractivity contribution in [1.82, 2.24) is 5.32 Å². The topological polar surface area (TPSA) is 55.4 Å². The van der Waals surface area contributed by atoms with E-state index in [1.165, 1.54) is 19.8 Å². The molecule has 0 fully saturated rings. The molecule has 0 spiro atoms. The van der Waals surface area contributed by atoms with Gasteiger partial charge < -0.3 is 10.1 Å². The Balaban J connectivity index is 2.64. The molecule has 0 saturated carbocycles. The van der Waals surface area contributed by atoms with Crippen molar-refractivity contribution in [1.29, 1.82) is 0 Å². The number of unbranched alkanes of at least 4 members (excludes halogenated alkanes) is 1. The predicted molar refractivity (Wildman–Crippen MR) is 83.4 cm³/mol. The molecular formula is C17H25NO3. The average Bonchev–Trinajstić information content (AvgIpc) is 2.47. The van der Waals surface area contributed by atoms with Crippen LogP contribution in [0.4, 0.5) is 0 Å². The summed E-state index contributed by atoms with van der Waals surface area (Å²) in [7, 11) is 0. The van der Waals surface area contributed by atoms with E-state index in [2.05, 4.69) is 19.2 Å². The lowest BCUT2D eigenvalue weighted by Crippen LogP contribution is -2.29. The minimum absolute atomic E-state index is 0.193. The molecule has 1 aromatic carbocycles. The molecule has 0 bridgehead atoms. The lowest BCUT2D eigenvalue weighted by atomic mass is 9.99. The minimum atomic E-state index is -0.426. The van der Waals surface area contributed by atoms with Crippen molar-refractivity contribution in [2.24, 2.45) is 5.92 Å². The van der Waals surface area contributed by atoms with E-state index in [-0.39, 0.29) is 5.91 Å². The van der Waals surface area contributed by atoms with Gasteiger partial charge in [0.2, 0.25) is 0 Å². The zero-order valence-electron chi connectivity index (χ0n) is 13.1. The first-order valence-corrected chi connectivity index (χ1v) is 7.64. The molecular weight excluding hydrogens is 266 g/mol. The molecule has 0 aliphatic carbocycles. The zero-order chi connectivity index (χ0) is 15.7. The van der Waals surface area contributed by atoms with Crippen molar-refractivity contribution < 1.29 is 14.3 Å². The molecule has 21 heavy (non-hydrogen) atoms. The van der Waals surface area contributed by atoms with Crippen LogP contribution in [0.1, 0.15) is 56.8 Å². The largest absolute Gasteiger partial charge is 0.426 e. The van der Waals surface area contributed by atoms with E-state index >= 15 is 0 Å². The van der Waals surface area contributed by atoms with Crippen LogP contribution in [0.5, 0.6) is 5.75 Å². The van der Waals surface area contributed by atoms with Crippen molar-refractivity contribution in [3.63, 3.8) is 0 Å². The number of para-hydroxylation sites is 1. The molecule has 0 heterocycles. The Morgan fingerprint density at radius 1 is 1.24 bits per heavy atom. The van der Waals surface area contributed by atoms with E-state index in [4.69, 9.17) is 4.74 Å². The van der Waals surface area contributed by atoms with Crippen LogP contribution in [0.15, 0.2) is 24.3 Å². The van der Waals surface area contributed by atoms with Crippen molar-refractivity contribution in [3.05, 3.63) is 29.8 Å². The van der Waals surface area contributed by atoms with Gasteiger partial charge in [0.25, 0.3) is 5.91 Å². The summed E-state index contributed by atoms with van der Waals surface area (Å²) in [5.41, 5.74) is 0.401. The van der Waals surface area contributed by atoms with Gasteiger partial charge in [-0.25, -0.2) is 0 Å². The van der Waals surface area contributed by atoms with Gasteiger partial charge >= 0.3 is 5.97 Å². The number of nitrogens with one attached hydrogen (secondary N) is 1. The average molecular weight is 291 g/mol. The SMILES string of the molecule is CCCCC(CC)CNC(=O)c1ccccc1OC(C)=O.